The summed E-state index contributed by atoms with van der Waals surface area (Å²) >= 11 is 5.50. The molecule has 0 rings (SSSR count). The Morgan fingerprint density at radius 1 is 0.719 bits per heavy atom. The molecule has 0 aromatic carbocycles. The highest BCUT2D eigenvalue weighted by molar-refractivity contribution is 6.84. The van der Waals surface area contributed by atoms with Gasteiger partial charge in [0.25, 0.3) is 0 Å². The largest absolute Gasteiger partial charge is 0.330 e. The monoisotopic (exact) mass is 510 g/mol. The maximum Gasteiger partial charge on any atom is 0.129 e. The Kier molecular flexibility index (Phi) is 24.1. The number of nitrogens with zero attached hydrogens (tertiary/aromatic N) is 3. The molecule has 2 N–H and O–H groups in total. The molecule has 0 fully saturated rings. The van der Waals surface area contributed by atoms with Crippen LogP contribution in [0.2, 0.25) is 58.9 Å². The van der Waals surface area contributed by atoms with Crippen LogP contribution in [0, 0.1) is 34.4 Å². The first-order chi connectivity index (χ1) is 14.7. The number of nitrogens with two attached hydrogens (primary N) is 1. The summed E-state index contributed by atoms with van der Waals surface area (Å²) in [6.45, 7) is 21.5. The SMILES string of the molecule is C[Si](C)(C)C#CCCCCl.C[Si](C)(C)C#CCCCN.C[Si](C)(C)C#CCCCN=[N+]=[N-]. The maximum absolute atomic E-state index is 7.98. The minimum absolute atomic E-state index is 0.566. The average Bonchev–Trinajstić information content (AvgIpc) is 2.64. The summed E-state index contributed by atoms with van der Waals surface area (Å²) in [6.07, 6.45) is 5.73. The van der Waals surface area contributed by atoms with E-state index in [2.05, 4.69) is 103 Å². The lowest BCUT2D eigenvalue weighted by atomic mass is 10.3. The van der Waals surface area contributed by atoms with E-state index in [-0.39, 0.29) is 0 Å². The molecule has 0 heterocycles. The molecule has 0 aliphatic carbocycles. The van der Waals surface area contributed by atoms with Crippen molar-refractivity contribution >= 4 is 35.8 Å². The molecule has 0 spiro atoms. The second kappa shape index (κ2) is 21.7. The van der Waals surface area contributed by atoms with Gasteiger partial charge in [-0.05, 0) is 31.3 Å². The summed E-state index contributed by atoms with van der Waals surface area (Å²) in [5, 5.41) is 3.43. The number of azide groups is 1. The highest BCUT2D eigenvalue weighted by Gasteiger charge is 2.07. The quantitative estimate of drug-likeness (QED) is 0.0721. The molecule has 0 aliphatic rings. The topological polar surface area (TPSA) is 74.8 Å². The molecule has 0 atom stereocenters. The standard InChI is InChI=1S/C8H15ClSi.C8H15N3Si.C8H17NSi/c1-10(2,3)8-6-4-5-7-9;1-12(2,3)8-6-4-5-7-10-11-9;1-10(2,3)8-6-4-5-7-9/h4-5,7H2,1-3H3;4-5,7H2,1-3H3;4-5,7,9H2,1-3H3. The summed E-state index contributed by atoms with van der Waals surface area (Å²) in [5.74, 6) is 10.2. The van der Waals surface area contributed by atoms with Crippen molar-refractivity contribution in [1.29, 1.82) is 0 Å². The Bertz CT molecular complexity index is 658. The Hall–Kier alpha value is -1.11. The zero-order chi connectivity index (χ0) is 25.5. The van der Waals surface area contributed by atoms with E-state index >= 15 is 0 Å². The van der Waals surface area contributed by atoms with Gasteiger partial charge in [0.2, 0.25) is 0 Å². The molecular formula is C24H47ClN4Si3. The van der Waals surface area contributed by atoms with Crippen LogP contribution in [0.3, 0.4) is 0 Å². The van der Waals surface area contributed by atoms with E-state index in [0.29, 0.717) is 6.54 Å². The van der Waals surface area contributed by atoms with Gasteiger partial charge in [-0.1, -0.05) is 64.0 Å². The van der Waals surface area contributed by atoms with Crippen LogP contribution in [0.5, 0.6) is 0 Å². The van der Waals surface area contributed by atoms with Crippen molar-refractivity contribution in [3.05, 3.63) is 10.4 Å². The highest BCUT2D eigenvalue weighted by Crippen LogP contribution is 1.99. The number of hydrogen-bond donors (Lipinski definition) is 1. The summed E-state index contributed by atoms with van der Waals surface area (Å²) in [6, 6.07) is 0. The van der Waals surface area contributed by atoms with E-state index in [1.165, 1.54) is 0 Å². The van der Waals surface area contributed by atoms with Crippen LogP contribution in [0.4, 0.5) is 0 Å². The highest BCUT2D eigenvalue weighted by atomic mass is 35.5. The third kappa shape index (κ3) is 46.9. The van der Waals surface area contributed by atoms with Gasteiger partial charge in [-0.3, -0.25) is 0 Å². The van der Waals surface area contributed by atoms with E-state index < -0.39 is 24.2 Å². The van der Waals surface area contributed by atoms with Gasteiger partial charge in [0, 0.05) is 36.6 Å². The summed E-state index contributed by atoms with van der Waals surface area (Å²) in [7, 11) is -3.41. The summed E-state index contributed by atoms with van der Waals surface area (Å²) in [4.78, 5) is 2.67. The van der Waals surface area contributed by atoms with Crippen LogP contribution in [-0.4, -0.2) is 43.2 Å². The molecule has 0 bridgehead atoms. The van der Waals surface area contributed by atoms with E-state index in [9.17, 15) is 0 Å². The molecule has 0 aromatic rings. The van der Waals surface area contributed by atoms with Crippen LogP contribution in [-0.2, 0) is 0 Å². The molecule has 0 amide bonds. The predicted molar refractivity (Wildman–Crippen MR) is 155 cm³/mol. The van der Waals surface area contributed by atoms with Crippen molar-refractivity contribution in [3.63, 3.8) is 0 Å². The molecule has 0 saturated heterocycles. The number of alkyl halides is 1. The molecule has 4 nitrogen and oxygen atoms in total. The lowest BCUT2D eigenvalue weighted by Gasteiger charge is -2.02. The smallest absolute Gasteiger partial charge is 0.129 e. The minimum atomic E-state index is -1.19. The van der Waals surface area contributed by atoms with Crippen molar-refractivity contribution < 1.29 is 0 Å². The number of unbranched alkanes of at least 4 members (excludes halogenated alkanes) is 3. The van der Waals surface area contributed by atoms with Crippen molar-refractivity contribution in [2.75, 3.05) is 19.0 Å². The van der Waals surface area contributed by atoms with Crippen molar-refractivity contribution in [3.8, 4) is 34.4 Å². The summed E-state index contributed by atoms with van der Waals surface area (Å²) in [5.41, 5.74) is 23.1. The zero-order valence-electron chi connectivity index (χ0n) is 22.2. The number of rotatable bonds is 7. The first-order valence-corrected chi connectivity index (χ1v) is 22.5. The van der Waals surface area contributed by atoms with Crippen molar-refractivity contribution in [2.24, 2.45) is 10.8 Å². The average molecular weight is 511 g/mol. The van der Waals surface area contributed by atoms with Gasteiger partial charge in [0.1, 0.15) is 24.2 Å². The van der Waals surface area contributed by atoms with Crippen LogP contribution in [0.25, 0.3) is 10.4 Å². The van der Waals surface area contributed by atoms with Gasteiger partial charge in [-0.25, -0.2) is 0 Å². The molecule has 0 aromatic heterocycles. The molecule has 0 radical (unpaired) electrons. The van der Waals surface area contributed by atoms with Gasteiger partial charge < -0.3 is 5.73 Å². The maximum atomic E-state index is 7.98. The molecule has 182 valence electrons. The van der Waals surface area contributed by atoms with E-state index in [0.717, 1.165) is 50.9 Å². The Morgan fingerprint density at radius 2 is 1.09 bits per heavy atom. The zero-order valence-corrected chi connectivity index (χ0v) is 25.9. The van der Waals surface area contributed by atoms with Gasteiger partial charge in [0.15, 0.2) is 0 Å². The van der Waals surface area contributed by atoms with Gasteiger partial charge in [-0.2, -0.15) is 0 Å². The molecular weight excluding hydrogens is 464 g/mol. The second-order valence-electron chi connectivity index (χ2n) is 10.4. The Labute approximate surface area is 207 Å². The van der Waals surface area contributed by atoms with Crippen molar-refractivity contribution in [2.45, 2.75) is 97.4 Å². The summed E-state index contributed by atoms with van der Waals surface area (Å²) < 4.78 is 0. The van der Waals surface area contributed by atoms with Crippen LogP contribution in [0.15, 0.2) is 5.11 Å². The van der Waals surface area contributed by atoms with Crippen molar-refractivity contribution in [1.82, 2.24) is 0 Å². The number of hydrogen-bond acceptors (Lipinski definition) is 2. The van der Waals surface area contributed by atoms with Crippen LogP contribution >= 0.6 is 11.6 Å². The lowest BCUT2D eigenvalue weighted by Crippen LogP contribution is -2.16. The fourth-order valence-corrected chi connectivity index (χ4v) is 3.71. The molecule has 32 heavy (non-hydrogen) atoms. The predicted octanol–water partition coefficient (Wildman–Crippen LogP) is 7.45. The van der Waals surface area contributed by atoms with Crippen LogP contribution in [0.1, 0.15) is 38.5 Å². The van der Waals surface area contributed by atoms with E-state index in [4.69, 9.17) is 22.9 Å². The molecule has 0 aliphatic heterocycles. The molecule has 0 unspecified atom stereocenters. The minimum Gasteiger partial charge on any atom is -0.330 e. The Balaban J connectivity index is -0.000000397. The van der Waals surface area contributed by atoms with E-state index in [1.54, 1.807) is 0 Å². The third-order valence-electron chi connectivity index (χ3n) is 2.95. The van der Waals surface area contributed by atoms with Gasteiger partial charge >= 0.3 is 0 Å². The first kappa shape index (κ1) is 35.5. The first-order valence-electron chi connectivity index (χ1n) is 11.5. The fraction of sp³-hybridized carbons (Fsp3) is 0.750. The third-order valence-corrected chi connectivity index (χ3v) is 6.00. The van der Waals surface area contributed by atoms with Gasteiger partial charge in [-0.15, -0.1) is 46.0 Å². The van der Waals surface area contributed by atoms with Gasteiger partial charge in [0.05, 0.1) is 0 Å². The lowest BCUT2D eigenvalue weighted by molar-refractivity contribution is 0.863. The van der Waals surface area contributed by atoms with Crippen LogP contribution < -0.4 is 5.73 Å². The molecule has 0 saturated carbocycles. The molecule has 8 heteroatoms. The fourth-order valence-electron chi connectivity index (χ4n) is 1.61. The Morgan fingerprint density at radius 3 is 1.41 bits per heavy atom. The number of halogens is 1. The van der Waals surface area contributed by atoms with E-state index in [1.807, 2.05) is 0 Å². The second-order valence-corrected chi connectivity index (χ2v) is 25.0. The normalized spacial score (nSPS) is 10.1.